The number of piperidine rings is 1. The van der Waals surface area contributed by atoms with Crippen LogP contribution in [-0.4, -0.2) is 125 Å². The van der Waals surface area contributed by atoms with Crippen molar-refractivity contribution in [1.82, 2.24) is 35.4 Å². The highest BCUT2D eigenvalue weighted by Gasteiger charge is 2.45. The van der Waals surface area contributed by atoms with Gasteiger partial charge >= 0.3 is 0 Å². The van der Waals surface area contributed by atoms with E-state index in [1.807, 2.05) is 24.3 Å². The first-order valence-electron chi connectivity index (χ1n) is 20.2. The monoisotopic (exact) mass is 818 g/mol. The number of anilines is 4. The number of fused-ring (bicyclic) bond motifs is 2. The van der Waals surface area contributed by atoms with Crippen molar-refractivity contribution in [1.29, 1.82) is 0 Å². The third-order valence-electron chi connectivity index (χ3n) is 11.0. The number of aromatic nitrogens is 3. The largest absolute Gasteiger partial charge is 0.382 e. The van der Waals surface area contributed by atoms with Crippen molar-refractivity contribution >= 4 is 69.4 Å². The third kappa shape index (κ3) is 9.03. The van der Waals surface area contributed by atoms with Crippen molar-refractivity contribution in [3.8, 4) is 0 Å². The predicted octanol–water partition coefficient (Wildman–Crippen LogP) is 2.86. The van der Waals surface area contributed by atoms with Gasteiger partial charge in [-0.1, -0.05) is 6.07 Å². The van der Waals surface area contributed by atoms with E-state index in [-0.39, 0.29) is 47.7 Å². The van der Waals surface area contributed by atoms with Gasteiger partial charge in [0, 0.05) is 80.3 Å². The number of imide groups is 2. The zero-order valence-corrected chi connectivity index (χ0v) is 33.1. The van der Waals surface area contributed by atoms with Crippen LogP contribution in [-0.2, 0) is 23.9 Å². The number of ether oxygens (including phenoxy) is 2. The van der Waals surface area contributed by atoms with Crippen LogP contribution >= 0.6 is 0 Å². The van der Waals surface area contributed by atoms with Gasteiger partial charge in [0.05, 0.1) is 54.3 Å². The molecule has 2 aliphatic carbocycles. The molecule has 0 radical (unpaired) electrons. The first kappa shape index (κ1) is 40.3. The van der Waals surface area contributed by atoms with Gasteiger partial charge in [0.25, 0.3) is 17.7 Å². The summed E-state index contributed by atoms with van der Waals surface area (Å²) in [5.41, 5.74) is 2.79. The molecule has 8 rings (SSSR count). The van der Waals surface area contributed by atoms with E-state index in [1.165, 1.54) is 0 Å². The maximum absolute atomic E-state index is 13.4. The van der Waals surface area contributed by atoms with E-state index in [9.17, 15) is 28.8 Å². The number of nitrogens with one attached hydrogen (secondary N) is 5. The number of pyridine rings is 3. The van der Waals surface area contributed by atoms with E-state index < -0.39 is 29.7 Å². The molecule has 0 bridgehead atoms. The molecule has 312 valence electrons. The van der Waals surface area contributed by atoms with Crippen molar-refractivity contribution in [2.75, 3.05) is 62.5 Å². The number of likely N-dealkylation sites (N-methyl/N-ethyl adjacent to an activating group) is 1. The number of hydrogen-bond acceptors (Lipinski definition) is 14. The minimum Gasteiger partial charge on any atom is -0.382 e. The summed E-state index contributed by atoms with van der Waals surface area (Å²) in [6.45, 7) is 2.00. The van der Waals surface area contributed by atoms with Crippen LogP contribution in [0.3, 0.4) is 0 Å². The molecule has 2 saturated carbocycles. The number of nitrogens with zero attached hydrogens (tertiary/aromatic N) is 5. The molecule has 18 nitrogen and oxygen atoms in total. The molecule has 5 N–H and O–H groups in total. The zero-order valence-electron chi connectivity index (χ0n) is 33.1. The predicted molar refractivity (Wildman–Crippen MR) is 219 cm³/mol. The fourth-order valence-electron chi connectivity index (χ4n) is 7.50. The molecule has 1 aromatic carbocycles. The molecular weight excluding hydrogens is 773 g/mol. The second-order valence-corrected chi connectivity index (χ2v) is 15.3. The average molecular weight is 819 g/mol. The molecule has 3 fully saturated rings. The lowest BCUT2D eigenvalue weighted by atomic mass is 9.79. The molecule has 4 aromatic rings. The van der Waals surface area contributed by atoms with E-state index in [4.69, 9.17) is 9.47 Å². The Hall–Kier alpha value is -6.53. The number of amides is 6. The van der Waals surface area contributed by atoms with E-state index in [0.29, 0.717) is 87.0 Å². The van der Waals surface area contributed by atoms with Gasteiger partial charge in [-0.15, -0.1) is 0 Å². The van der Waals surface area contributed by atoms with Crippen LogP contribution in [0.4, 0.5) is 23.0 Å². The van der Waals surface area contributed by atoms with Crippen LogP contribution in [0.2, 0.25) is 0 Å². The summed E-state index contributed by atoms with van der Waals surface area (Å²) in [6.07, 6.45) is 8.32. The van der Waals surface area contributed by atoms with Crippen molar-refractivity contribution in [2.45, 2.75) is 56.7 Å². The van der Waals surface area contributed by atoms with E-state index >= 15 is 0 Å². The molecule has 3 aromatic heterocycles. The molecule has 2 aliphatic heterocycles. The van der Waals surface area contributed by atoms with Gasteiger partial charge in [0.2, 0.25) is 17.7 Å². The Kier molecular flexibility index (Phi) is 11.9. The van der Waals surface area contributed by atoms with Crippen molar-refractivity contribution < 1.29 is 38.2 Å². The Balaban J connectivity index is 0.715. The van der Waals surface area contributed by atoms with Gasteiger partial charge < -0.3 is 35.6 Å². The van der Waals surface area contributed by atoms with Gasteiger partial charge in [-0.3, -0.25) is 44.0 Å². The summed E-state index contributed by atoms with van der Waals surface area (Å²) in [6, 6.07) is 11.5. The molecule has 18 heteroatoms. The Bertz CT molecular complexity index is 2330. The molecule has 0 spiro atoms. The molecule has 4 aliphatic rings. The van der Waals surface area contributed by atoms with Gasteiger partial charge in [-0.05, 0) is 62.4 Å². The van der Waals surface area contributed by atoms with Crippen LogP contribution in [0.25, 0.3) is 10.9 Å². The summed E-state index contributed by atoms with van der Waals surface area (Å²) < 4.78 is 11.4. The Morgan fingerprint density at radius 2 is 1.72 bits per heavy atom. The van der Waals surface area contributed by atoms with Crippen LogP contribution < -0.4 is 26.6 Å². The maximum atomic E-state index is 13.4. The van der Waals surface area contributed by atoms with Crippen LogP contribution in [0.15, 0.2) is 61.1 Å². The topological polar surface area (TPSA) is 226 Å². The first-order valence-corrected chi connectivity index (χ1v) is 20.2. The van der Waals surface area contributed by atoms with Gasteiger partial charge in [0.15, 0.2) is 0 Å². The molecular formula is C42H46N10O8. The second kappa shape index (κ2) is 17.8. The Morgan fingerprint density at radius 1 is 0.900 bits per heavy atom. The minimum absolute atomic E-state index is 0.00553. The zero-order chi connectivity index (χ0) is 41.8. The normalized spacial score (nSPS) is 19.7. The lowest BCUT2D eigenvalue weighted by Crippen LogP contribution is -2.54. The molecule has 1 saturated heterocycles. The Morgan fingerprint density at radius 3 is 2.52 bits per heavy atom. The van der Waals surface area contributed by atoms with Gasteiger partial charge in [-0.25, -0.2) is 9.97 Å². The minimum atomic E-state index is -1.03. The fraction of sp³-hybridized carbons (Fsp3) is 0.405. The highest BCUT2D eigenvalue weighted by molar-refractivity contribution is 6.25. The number of benzene rings is 1. The van der Waals surface area contributed by atoms with E-state index in [0.717, 1.165) is 28.6 Å². The first-order chi connectivity index (χ1) is 29.1. The molecule has 60 heavy (non-hydrogen) atoms. The summed E-state index contributed by atoms with van der Waals surface area (Å²) >= 11 is 0. The van der Waals surface area contributed by atoms with Crippen molar-refractivity contribution in [3.05, 3.63) is 77.7 Å². The average Bonchev–Trinajstić information content (AvgIpc) is 4.01. The lowest BCUT2D eigenvalue weighted by Gasteiger charge is -2.37. The van der Waals surface area contributed by atoms with Crippen molar-refractivity contribution in [2.24, 2.45) is 5.92 Å². The SMILES string of the molecule is CN(CCOCCOCCNc1cccc2c1C(=O)N(C1CCC(=O)NC1=O)C2=O)C(=O)C1CC(NC(=O)c2cnc(Nc3ccc4cnccc4n3)cc2NC2CC2)C1. The highest BCUT2D eigenvalue weighted by atomic mass is 16.5. The standard InChI is InChI=1S/C42H46N10O8/c1-51(14-16-60-18-17-59-15-13-44-31-4-2-3-28-37(31)42(58)52(41(28)57)33-8-10-36(53)50-39(33)55)40(56)25-19-27(20-25)47-38(54)29-23-45-35(21-32(29)46-26-6-7-26)49-34-9-5-24-22-43-12-11-30(24)48-34/h2-5,9,11-12,21-23,25-27,33,44H,6-8,10,13-20H2,1H3,(H,47,54)(H,50,53,55)(H2,45,46,48,49). The summed E-state index contributed by atoms with van der Waals surface area (Å²) in [5.74, 6) is -1.46. The van der Waals surface area contributed by atoms with Crippen molar-refractivity contribution in [3.63, 3.8) is 0 Å². The van der Waals surface area contributed by atoms with Crippen LogP contribution in [0, 0.1) is 5.92 Å². The second-order valence-electron chi connectivity index (χ2n) is 15.3. The third-order valence-corrected chi connectivity index (χ3v) is 11.0. The lowest BCUT2D eigenvalue weighted by molar-refractivity contribution is -0.138. The van der Waals surface area contributed by atoms with Gasteiger partial charge in [-0.2, -0.15) is 0 Å². The van der Waals surface area contributed by atoms with E-state index in [1.54, 1.807) is 48.7 Å². The molecule has 5 heterocycles. The summed E-state index contributed by atoms with van der Waals surface area (Å²) in [4.78, 5) is 92.5. The number of carbonyl (C=O) groups excluding carboxylic acids is 6. The quantitative estimate of drug-likeness (QED) is 0.0720. The number of carbonyl (C=O) groups is 6. The maximum Gasteiger partial charge on any atom is 0.264 e. The van der Waals surface area contributed by atoms with Crippen LogP contribution in [0.5, 0.6) is 0 Å². The fourth-order valence-corrected chi connectivity index (χ4v) is 7.50. The highest BCUT2D eigenvalue weighted by Crippen LogP contribution is 2.34. The Labute approximate surface area is 345 Å². The van der Waals surface area contributed by atoms with Gasteiger partial charge in [0.1, 0.15) is 17.7 Å². The molecule has 1 unspecified atom stereocenters. The number of rotatable bonds is 18. The van der Waals surface area contributed by atoms with Crippen LogP contribution in [0.1, 0.15) is 69.6 Å². The smallest absolute Gasteiger partial charge is 0.264 e. The summed E-state index contributed by atoms with van der Waals surface area (Å²) in [7, 11) is 1.74. The van der Waals surface area contributed by atoms with E-state index in [2.05, 4.69) is 41.5 Å². The molecule has 1 atom stereocenters. The molecule has 6 amide bonds. The summed E-state index contributed by atoms with van der Waals surface area (Å²) in [5, 5.41) is 16.0. The number of hydrogen-bond donors (Lipinski definition) is 5.